The highest BCUT2D eigenvalue weighted by Gasteiger charge is 2.26. The Hall–Kier alpha value is -1.10. The van der Waals surface area contributed by atoms with Crippen LogP contribution in [0.4, 0.5) is 0 Å². The van der Waals surface area contributed by atoms with E-state index < -0.39 is 5.41 Å². The summed E-state index contributed by atoms with van der Waals surface area (Å²) in [4.78, 5) is 22.9. The monoisotopic (exact) mass is 227 g/mol. The molecular weight excluding hydrogens is 206 g/mol. The third-order valence-corrected chi connectivity index (χ3v) is 2.71. The standard InChI is InChI=1S/C11H21N3O2/c1-11(2,7-12)10(16)13-6-5-9(15)14-8-3-4-8/h8H,3-7,12H2,1-2H3,(H,13,16)(H,14,15). The van der Waals surface area contributed by atoms with Crippen molar-refractivity contribution in [2.75, 3.05) is 13.1 Å². The second kappa shape index (κ2) is 5.30. The molecule has 0 unspecified atom stereocenters. The van der Waals surface area contributed by atoms with Crippen molar-refractivity contribution >= 4 is 11.8 Å². The van der Waals surface area contributed by atoms with Crippen LogP contribution in [0.5, 0.6) is 0 Å². The maximum absolute atomic E-state index is 11.6. The first-order valence-electron chi connectivity index (χ1n) is 5.73. The number of hydrogen-bond acceptors (Lipinski definition) is 3. The van der Waals surface area contributed by atoms with Gasteiger partial charge in [-0.15, -0.1) is 0 Å². The second-order valence-electron chi connectivity index (χ2n) is 4.94. The Balaban J connectivity index is 2.14. The predicted octanol–water partition coefficient (Wildman–Crippen LogP) is -0.244. The lowest BCUT2D eigenvalue weighted by atomic mass is 9.93. The fraction of sp³-hybridized carbons (Fsp3) is 0.818. The van der Waals surface area contributed by atoms with E-state index in [4.69, 9.17) is 5.73 Å². The van der Waals surface area contributed by atoms with E-state index >= 15 is 0 Å². The largest absolute Gasteiger partial charge is 0.355 e. The molecule has 5 nitrogen and oxygen atoms in total. The zero-order valence-corrected chi connectivity index (χ0v) is 10.0. The van der Waals surface area contributed by atoms with E-state index in [1.54, 1.807) is 13.8 Å². The van der Waals surface area contributed by atoms with Gasteiger partial charge >= 0.3 is 0 Å². The molecule has 1 rings (SSSR count). The molecule has 1 saturated carbocycles. The highest BCUT2D eigenvalue weighted by atomic mass is 16.2. The molecular formula is C11H21N3O2. The van der Waals surface area contributed by atoms with Crippen molar-refractivity contribution in [3.8, 4) is 0 Å². The summed E-state index contributed by atoms with van der Waals surface area (Å²) >= 11 is 0. The lowest BCUT2D eigenvalue weighted by Crippen LogP contribution is -2.43. The van der Waals surface area contributed by atoms with Gasteiger partial charge in [-0.25, -0.2) is 0 Å². The maximum atomic E-state index is 11.6. The fourth-order valence-corrected chi connectivity index (χ4v) is 1.15. The molecule has 16 heavy (non-hydrogen) atoms. The molecule has 92 valence electrons. The van der Waals surface area contributed by atoms with Crippen molar-refractivity contribution in [2.24, 2.45) is 11.1 Å². The lowest BCUT2D eigenvalue weighted by molar-refractivity contribution is -0.129. The van der Waals surface area contributed by atoms with E-state index in [2.05, 4.69) is 10.6 Å². The summed E-state index contributed by atoms with van der Waals surface area (Å²) in [5, 5.41) is 5.58. The minimum Gasteiger partial charge on any atom is -0.355 e. The Morgan fingerprint density at radius 2 is 2.00 bits per heavy atom. The molecule has 0 aliphatic heterocycles. The number of carbonyl (C=O) groups is 2. The van der Waals surface area contributed by atoms with Gasteiger partial charge in [-0.3, -0.25) is 9.59 Å². The van der Waals surface area contributed by atoms with Crippen LogP contribution >= 0.6 is 0 Å². The van der Waals surface area contributed by atoms with Gasteiger partial charge < -0.3 is 16.4 Å². The molecule has 4 N–H and O–H groups in total. The van der Waals surface area contributed by atoms with Crippen molar-refractivity contribution in [2.45, 2.75) is 39.2 Å². The average molecular weight is 227 g/mol. The first-order valence-corrected chi connectivity index (χ1v) is 5.73. The van der Waals surface area contributed by atoms with Gasteiger partial charge in [-0.05, 0) is 26.7 Å². The van der Waals surface area contributed by atoms with E-state index in [-0.39, 0.29) is 11.8 Å². The van der Waals surface area contributed by atoms with Crippen LogP contribution in [0, 0.1) is 5.41 Å². The van der Waals surface area contributed by atoms with Crippen molar-refractivity contribution in [3.63, 3.8) is 0 Å². The van der Waals surface area contributed by atoms with Crippen molar-refractivity contribution in [1.29, 1.82) is 0 Å². The number of carbonyl (C=O) groups excluding carboxylic acids is 2. The molecule has 0 aromatic rings. The van der Waals surface area contributed by atoms with E-state index in [9.17, 15) is 9.59 Å². The molecule has 1 aliphatic carbocycles. The first-order chi connectivity index (χ1) is 7.45. The molecule has 0 aromatic heterocycles. The number of nitrogens with one attached hydrogen (secondary N) is 2. The Morgan fingerprint density at radius 1 is 1.38 bits per heavy atom. The van der Waals surface area contributed by atoms with Gasteiger partial charge in [0.15, 0.2) is 0 Å². The molecule has 0 radical (unpaired) electrons. The fourth-order valence-electron chi connectivity index (χ4n) is 1.15. The summed E-state index contributed by atoms with van der Waals surface area (Å²) in [7, 11) is 0. The van der Waals surface area contributed by atoms with Gasteiger partial charge in [0.25, 0.3) is 0 Å². The molecule has 5 heteroatoms. The van der Waals surface area contributed by atoms with E-state index in [1.807, 2.05) is 0 Å². The van der Waals surface area contributed by atoms with Gasteiger partial charge in [0.1, 0.15) is 0 Å². The SMILES string of the molecule is CC(C)(CN)C(=O)NCCC(=O)NC1CC1. The van der Waals surface area contributed by atoms with E-state index in [1.165, 1.54) is 0 Å². The topological polar surface area (TPSA) is 84.2 Å². The Morgan fingerprint density at radius 3 is 2.50 bits per heavy atom. The molecule has 0 spiro atoms. The normalized spacial score (nSPS) is 15.7. The summed E-state index contributed by atoms with van der Waals surface area (Å²) in [6.07, 6.45) is 2.50. The number of nitrogens with two attached hydrogens (primary N) is 1. The van der Waals surface area contributed by atoms with Gasteiger partial charge in [-0.2, -0.15) is 0 Å². The van der Waals surface area contributed by atoms with Gasteiger partial charge in [0, 0.05) is 25.6 Å². The lowest BCUT2D eigenvalue weighted by Gasteiger charge is -2.21. The molecule has 0 atom stereocenters. The summed E-state index contributed by atoms with van der Waals surface area (Å²) in [6, 6.07) is 0.378. The molecule has 0 saturated heterocycles. The van der Waals surface area contributed by atoms with Gasteiger partial charge in [0.05, 0.1) is 5.41 Å². The Bertz CT molecular complexity index is 272. The van der Waals surface area contributed by atoms with Gasteiger partial charge in [0.2, 0.25) is 11.8 Å². The molecule has 0 heterocycles. The minimum atomic E-state index is -0.563. The van der Waals surface area contributed by atoms with Crippen LogP contribution in [-0.4, -0.2) is 30.9 Å². The van der Waals surface area contributed by atoms with Gasteiger partial charge in [-0.1, -0.05) is 0 Å². The summed E-state index contributed by atoms with van der Waals surface area (Å²) < 4.78 is 0. The van der Waals surface area contributed by atoms with E-state index in [0.29, 0.717) is 25.6 Å². The van der Waals surface area contributed by atoms with Crippen molar-refractivity contribution in [3.05, 3.63) is 0 Å². The predicted molar refractivity (Wildman–Crippen MR) is 61.6 cm³/mol. The van der Waals surface area contributed by atoms with Crippen LogP contribution in [-0.2, 0) is 9.59 Å². The molecule has 1 fully saturated rings. The first kappa shape index (κ1) is 13.0. The third kappa shape index (κ3) is 4.18. The zero-order chi connectivity index (χ0) is 12.2. The van der Waals surface area contributed by atoms with Crippen LogP contribution in [0.25, 0.3) is 0 Å². The zero-order valence-electron chi connectivity index (χ0n) is 10.0. The van der Waals surface area contributed by atoms with Crippen molar-refractivity contribution in [1.82, 2.24) is 10.6 Å². The smallest absolute Gasteiger partial charge is 0.226 e. The van der Waals surface area contributed by atoms with Crippen LogP contribution in [0.3, 0.4) is 0 Å². The van der Waals surface area contributed by atoms with Crippen LogP contribution in [0.2, 0.25) is 0 Å². The van der Waals surface area contributed by atoms with E-state index in [0.717, 1.165) is 12.8 Å². The summed E-state index contributed by atoms with van der Waals surface area (Å²) in [6.45, 7) is 4.24. The Kier molecular flexibility index (Phi) is 4.29. The average Bonchev–Trinajstić information content (AvgIpc) is 3.01. The van der Waals surface area contributed by atoms with Crippen LogP contribution < -0.4 is 16.4 Å². The van der Waals surface area contributed by atoms with Crippen molar-refractivity contribution < 1.29 is 9.59 Å². The van der Waals surface area contributed by atoms with Crippen LogP contribution in [0.1, 0.15) is 33.1 Å². The van der Waals surface area contributed by atoms with Crippen LogP contribution in [0.15, 0.2) is 0 Å². The third-order valence-electron chi connectivity index (χ3n) is 2.71. The molecule has 2 amide bonds. The second-order valence-corrected chi connectivity index (χ2v) is 4.94. The number of rotatable bonds is 6. The number of amides is 2. The number of hydrogen-bond donors (Lipinski definition) is 3. The highest BCUT2D eigenvalue weighted by Crippen LogP contribution is 2.18. The quantitative estimate of drug-likeness (QED) is 0.585. The maximum Gasteiger partial charge on any atom is 0.226 e. The Labute approximate surface area is 96.1 Å². The molecule has 0 aromatic carbocycles. The minimum absolute atomic E-state index is 0.00774. The molecule has 1 aliphatic rings. The summed E-state index contributed by atoms with van der Waals surface area (Å²) in [5.74, 6) is -0.0948. The molecule has 0 bridgehead atoms. The highest BCUT2D eigenvalue weighted by molar-refractivity contribution is 5.83. The summed E-state index contributed by atoms with van der Waals surface area (Å²) in [5.41, 5.74) is 4.91.